The van der Waals surface area contributed by atoms with Crippen LogP contribution < -0.4 is 5.32 Å². The SMILES string of the molecule is COC(=O)CCc1c(CC2NC(=O)C(CCO[Si](C)(C)C(C)(C)C)=C2C)[nH]c(C(=O)OCc2ccccc2)c1C. The van der Waals surface area contributed by atoms with Gasteiger partial charge in [-0.1, -0.05) is 51.1 Å². The molecule has 40 heavy (non-hydrogen) atoms. The van der Waals surface area contributed by atoms with Crippen LogP contribution >= 0.6 is 0 Å². The largest absolute Gasteiger partial charge is 0.469 e. The Labute approximate surface area is 239 Å². The lowest BCUT2D eigenvalue weighted by Gasteiger charge is -2.36. The van der Waals surface area contributed by atoms with Crippen molar-refractivity contribution in [3.8, 4) is 0 Å². The Balaban J connectivity index is 1.78. The van der Waals surface area contributed by atoms with E-state index in [1.807, 2.05) is 44.2 Å². The first-order chi connectivity index (χ1) is 18.7. The molecule has 8 nitrogen and oxygen atoms in total. The van der Waals surface area contributed by atoms with E-state index in [1.54, 1.807) is 0 Å². The van der Waals surface area contributed by atoms with Gasteiger partial charge in [0.05, 0.1) is 13.2 Å². The first-order valence-electron chi connectivity index (χ1n) is 13.9. The molecule has 3 rings (SSSR count). The smallest absolute Gasteiger partial charge is 0.355 e. The van der Waals surface area contributed by atoms with Crippen LogP contribution in [-0.2, 0) is 42.9 Å². The second kappa shape index (κ2) is 13.0. The summed E-state index contributed by atoms with van der Waals surface area (Å²) >= 11 is 0. The predicted molar refractivity (Wildman–Crippen MR) is 158 cm³/mol. The summed E-state index contributed by atoms with van der Waals surface area (Å²) in [6.07, 6.45) is 1.61. The Morgan fingerprint density at radius 1 is 1.05 bits per heavy atom. The number of aromatic nitrogens is 1. The number of benzene rings is 1. The number of ether oxygens (including phenoxy) is 2. The van der Waals surface area contributed by atoms with Crippen molar-refractivity contribution in [1.82, 2.24) is 10.3 Å². The molecule has 0 bridgehead atoms. The third-order valence-corrected chi connectivity index (χ3v) is 12.8. The van der Waals surface area contributed by atoms with E-state index in [1.165, 1.54) is 7.11 Å². The number of methoxy groups -OCH3 is 1. The van der Waals surface area contributed by atoms with Crippen LogP contribution in [0.1, 0.15) is 73.4 Å². The van der Waals surface area contributed by atoms with Crippen LogP contribution in [0.5, 0.6) is 0 Å². The molecule has 218 valence electrons. The molecular weight excluding hydrogens is 524 g/mol. The number of esters is 2. The van der Waals surface area contributed by atoms with Gasteiger partial charge >= 0.3 is 11.9 Å². The van der Waals surface area contributed by atoms with Gasteiger partial charge in [-0.05, 0) is 67.1 Å². The average molecular weight is 569 g/mol. The highest BCUT2D eigenvalue weighted by Crippen LogP contribution is 2.37. The minimum absolute atomic E-state index is 0.0804. The molecule has 1 aliphatic heterocycles. The molecule has 1 amide bonds. The maximum Gasteiger partial charge on any atom is 0.355 e. The van der Waals surface area contributed by atoms with Gasteiger partial charge in [0, 0.05) is 30.7 Å². The number of nitrogens with one attached hydrogen (secondary N) is 2. The van der Waals surface area contributed by atoms with Crippen molar-refractivity contribution in [1.29, 1.82) is 0 Å². The first kappa shape index (κ1) is 31.4. The van der Waals surface area contributed by atoms with E-state index >= 15 is 0 Å². The lowest BCUT2D eigenvalue weighted by atomic mass is 9.97. The van der Waals surface area contributed by atoms with Crippen LogP contribution in [-0.4, -0.2) is 50.9 Å². The molecule has 1 atom stereocenters. The molecule has 0 aliphatic carbocycles. The highest BCUT2D eigenvalue weighted by molar-refractivity contribution is 6.74. The van der Waals surface area contributed by atoms with Crippen LogP contribution in [0.4, 0.5) is 0 Å². The Hall–Kier alpha value is -3.17. The van der Waals surface area contributed by atoms with Gasteiger partial charge in [0.2, 0.25) is 5.91 Å². The Bertz CT molecular complexity index is 1260. The van der Waals surface area contributed by atoms with Crippen molar-refractivity contribution in [3.63, 3.8) is 0 Å². The van der Waals surface area contributed by atoms with Gasteiger partial charge in [0.25, 0.3) is 0 Å². The van der Waals surface area contributed by atoms with E-state index in [0.29, 0.717) is 31.6 Å². The molecule has 2 heterocycles. The molecular formula is C31H44N2O6Si. The van der Waals surface area contributed by atoms with Crippen molar-refractivity contribution in [2.45, 2.75) is 91.1 Å². The van der Waals surface area contributed by atoms with Crippen LogP contribution in [0, 0.1) is 6.92 Å². The molecule has 0 fully saturated rings. The highest BCUT2D eigenvalue weighted by atomic mass is 28.4. The van der Waals surface area contributed by atoms with Crippen LogP contribution in [0.2, 0.25) is 18.1 Å². The summed E-state index contributed by atoms with van der Waals surface area (Å²) in [6.45, 7) is 15.5. The quantitative estimate of drug-likeness (QED) is 0.257. The number of hydrogen-bond acceptors (Lipinski definition) is 6. The fraction of sp³-hybridized carbons (Fsp3) is 0.516. The summed E-state index contributed by atoms with van der Waals surface area (Å²) in [5.41, 5.74) is 5.40. The summed E-state index contributed by atoms with van der Waals surface area (Å²) in [6, 6.07) is 9.27. The number of rotatable bonds is 12. The average Bonchev–Trinajstić information content (AvgIpc) is 3.35. The van der Waals surface area contributed by atoms with Gasteiger partial charge in [0.1, 0.15) is 12.3 Å². The maximum absolute atomic E-state index is 13.0. The number of H-pyrrole nitrogens is 1. The van der Waals surface area contributed by atoms with E-state index in [2.05, 4.69) is 44.2 Å². The topological polar surface area (TPSA) is 107 Å². The van der Waals surface area contributed by atoms with Gasteiger partial charge in [-0.25, -0.2) is 4.79 Å². The molecule has 1 aromatic heterocycles. The number of hydrogen-bond donors (Lipinski definition) is 2. The zero-order valence-corrected chi connectivity index (χ0v) is 26.2. The maximum atomic E-state index is 13.0. The number of amides is 1. The lowest BCUT2D eigenvalue weighted by Crippen LogP contribution is -2.41. The monoisotopic (exact) mass is 568 g/mol. The Kier molecular flexibility index (Phi) is 10.2. The van der Waals surface area contributed by atoms with Crippen molar-refractivity contribution in [2.75, 3.05) is 13.7 Å². The number of carbonyl (C=O) groups excluding carboxylic acids is 3. The van der Waals surface area contributed by atoms with Gasteiger partial charge in [-0.2, -0.15) is 0 Å². The molecule has 1 unspecified atom stereocenters. The number of aromatic amines is 1. The lowest BCUT2D eigenvalue weighted by molar-refractivity contribution is -0.140. The van der Waals surface area contributed by atoms with E-state index in [9.17, 15) is 14.4 Å². The standard InChI is InChI=1S/C31H44N2O6Si/c1-20-24(16-17-39-40(7,8)31(3,4)5)29(35)33-25(20)18-26-23(14-15-27(34)37-6)21(2)28(32-26)30(36)38-19-22-12-10-9-11-13-22/h9-13,25,32H,14-19H2,1-8H3,(H,33,35). The van der Waals surface area contributed by atoms with Gasteiger partial charge < -0.3 is 24.2 Å². The van der Waals surface area contributed by atoms with Crippen molar-refractivity contribution < 1.29 is 28.3 Å². The second-order valence-corrected chi connectivity index (χ2v) is 16.8. The predicted octanol–water partition coefficient (Wildman–Crippen LogP) is 5.56. The summed E-state index contributed by atoms with van der Waals surface area (Å²) in [5.74, 6) is -0.865. The fourth-order valence-corrected chi connectivity index (χ4v) is 5.67. The number of carbonyl (C=O) groups is 3. The molecule has 0 saturated heterocycles. The van der Waals surface area contributed by atoms with Crippen molar-refractivity contribution in [2.24, 2.45) is 0 Å². The van der Waals surface area contributed by atoms with Gasteiger partial charge in [-0.15, -0.1) is 0 Å². The third-order valence-electron chi connectivity index (χ3n) is 8.30. The molecule has 9 heteroatoms. The zero-order valence-electron chi connectivity index (χ0n) is 25.2. The van der Waals surface area contributed by atoms with E-state index in [4.69, 9.17) is 13.9 Å². The summed E-state index contributed by atoms with van der Waals surface area (Å²) in [5, 5.41) is 3.20. The molecule has 0 saturated carbocycles. The van der Waals surface area contributed by atoms with Crippen LogP contribution in [0.15, 0.2) is 41.5 Å². The van der Waals surface area contributed by atoms with Crippen molar-refractivity contribution in [3.05, 3.63) is 69.6 Å². The van der Waals surface area contributed by atoms with Gasteiger partial charge in [0.15, 0.2) is 8.32 Å². The molecule has 0 spiro atoms. The molecule has 2 aromatic rings. The zero-order chi connectivity index (χ0) is 29.7. The third kappa shape index (κ3) is 7.51. The van der Waals surface area contributed by atoms with Crippen LogP contribution in [0.3, 0.4) is 0 Å². The first-order valence-corrected chi connectivity index (χ1v) is 16.8. The minimum atomic E-state index is -1.91. The molecule has 1 aromatic carbocycles. The molecule has 1 aliphatic rings. The Morgan fingerprint density at radius 3 is 2.35 bits per heavy atom. The summed E-state index contributed by atoms with van der Waals surface area (Å²) in [4.78, 5) is 41.1. The molecule has 2 N–H and O–H groups in total. The van der Waals surface area contributed by atoms with E-state index < -0.39 is 14.3 Å². The van der Waals surface area contributed by atoms with Gasteiger partial charge in [-0.3, -0.25) is 9.59 Å². The minimum Gasteiger partial charge on any atom is -0.469 e. The fourth-order valence-electron chi connectivity index (χ4n) is 4.63. The Morgan fingerprint density at radius 2 is 1.73 bits per heavy atom. The molecule has 0 radical (unpaired) electrons. The second-order valence-electron chi connectivity index (χ2n) is 12.0. The van der Waals surface area contributed by atoms with E-state index in [-0.39, 0.29) is 36.0 Å². The van der Waals surface area contributed by atoms with Crippen molar-refractivity contribution >= 4 is 26.2 Å². The highest BCUT2D eigenvalue weighted by Gasteiger charge is 2.37. The summed E-state index contributed by atoms with van der Waals surface area (Å²) < 4.78 is 16.7. The normalized spacial score (nSPS) is 15.8. The summed E-state index contributed by atoms with van der Waals surface area (Å²) in [7, 11) is -0.553. The van der Waals surface area contributed by atoms with E-state index in [0.717, 1.165) is 33.5 Å². The van der Waals surface area contributed by atoms with Crippen LogP contribution in [0.25, 0.3) is 0 Å².